The third-order valence-corrected chi connectivity index (χ3v) is 4.49. The van der Waals surface area contributed by atoms with Gasteiger partial charge in [0.15, 0.2) is 5.03 Å². The Balaban J connectivity index is 2.05. The summed E-state index contributed by atoms with van der Waals surface area (Å²) in [4.78, 5) is 3.91. The molecule has 8 nitrogen and oxygen atoms in total. The number of aromatic nitrogens is 4. The van der Waals surface area contributed by atoms with Crippen molar-refractivity contribution in [1.29, 1.82) is 0 Å². The lowest BCUT2D eigenvalue weighted by Gasteiger charge is -2.08. The Morgan fingerprint density at radius 3 is 2.90 bits per heavy atom. The second-order valence-electron chi connectivity index (χ2n) is 4.61. The number of nitrogens with one attached hydrogen (secondary N) is 3. The van der Waals surface area contributed by atoms with Gasteiger partial charge in [-0.3, -0.25) is 5.10 Å². The zero-order valence-corrected chi connectivity index (χ0v) is 12.9. The van der Waals surface area contributed by atoms with E-state index in [1.165, 1.54) is 0 Å². The number of hydrogen-bond donors (Lipinski definition) is 3. The molecule has 2 heterocycles. The quantitative estimate of drug-likeness (QED) is 0.636. The Hall–Kier alpha value is -1.71. The number of rotatable bonds is 8. The Morgan fingerprint density at radius 1 is 1.43 bits per heavy atom. The van der Waals surface area contributed by atoms with E-state index in [2.05, 4.69) is 25.2 Å². The lowest BCUT2D eigenvalue weighted by Crippen LogP contribution is -2.29. The number of aryl methyl sites for hydroxylation is 1. The van der Waals surface area contributed by atoms with Gasteiger partial charge in [0.1, 0.15) is 0 Å². The van der Waals surface area contributed by atoms with Gasteiger partial charge in [0.05, 0.1) is 6.33 Å². The van der Waals surface area contributed by atoms with Gasteiger partial charge in [-0.05, 0) is 13.5 Å². The van der Waals surface area contributed by atoms with Gasteiger partial charge in [0.25, 0.3) is 10.0 Å². The fraction of sp³-hybridized carbons (Fsp3) is 0.500. The van der Waals surface area contributed by atoms with Crippen molar-refractivity contribution < 1.29 is 8.42 Å². The molecule has 0 amide bonds. The van der Waals surface area contributed by atoms with Gasteiger partial charge in [0, 0.05) is 43.3 Å². The second kappa shape index (κ2) is 6.83. The zero-order valence-electron chi connectivity index (χ0n) is 12.1. The summed E-state index contributed by atoms with van der Waals surface area (Å²) in [5.74, 6) is 0. The fourth-order valence-corrected chi connectivity index (χ4v) is 3.12. The minimum Gasteiger partial charge on any atom is -0.336 e. The Bertz CT molecular complexity index is 662. The molecule has 21 heavy (non-hydrogen) atoms. The van der Waals surface area contributed by atoms with Crippen LogP contribution in [0, 0.1) is 6.92 Å². The molecule has 0 aliphatic carbocycles. The van der Waals surface area contributed by atoms with Crippen molar-refractivity contribution in [1.82, 2.24) is 29.8 Å². The molecule has 0 spiro atoms. The van der Waals surface area contributed by atoms with E-state index < -0.39 is 10.0 Å². The third kappa shape index (κ3) is 3.90. The molecular weight excluding hydrogens is 292 g/mol. The van der Waals surface area contributed by atoms with Gasteiger partial charge < -0.3 is 9.88 Å². The van der Waals surface area contributed by atoms with E-state index in [4.69, 9.17) is 0 Å². The lowest BCUT2D eigenvalue weighted by molar-refractivity contribution is 0.566. The molecule has 0 saturated carbocycles. The molecule has 0 saturated heterocycles. The van der Waals surface area contributed by atoms with E-state index in [1.807, 2.05) is 13.8 Å². The summed E-state index contributed by atoms with van der Waals surface area (Å²) in [6, 6.07) is 0. The van der Waals surface area contributed by atoms with Gasteiger partial charge in [-0.15, -0.1) is 0 Å². The van der Waals surface area contributed by atoms with Crippen LogP contribution in [0.3, 0.4) is 0 Å². The van der Waals surface area contributed by atoms with Gasteiger partial charge in [0.2, 0.25) is 0 Å². The largest absolute Gasteiger partial charge is 0.336 e. The predicted octanol–water partition coefficient (Wildman–Crippen LogP) is 0.00262. The first-order chi connectivity index (χ1) is 10.0. The SMILES string of the molecule is CCNCc1c(S(=O)(=O)NCCn2ccnc2)n[nH]c1C. The van der Waals surface area contributed by atoms with E-state index >= 15 is 0 Å². The first kappa shape index (κ1) is 15.7. The number of aromatic amines is 1. The Morgan fingerprint density at radius 2 is 2.24 bits per heavy atom. The Labute approximate surface area is 124 Å². The standard InChI is InChI=1S/C12H20N6O2S/c1-3-13-8-11-10(2)16-17-12(11)21(19,20)15-5-7-18-6-4-14-9-18/h4,6,9,13,15H,3,5,7-8H2,1-2H3,(H,16,17). The molecule has 0 aromatic carbocycles. The highest BCUT2D eigenvalue weighted by Gasteiger charge is 2.23. The molecule has 0 aliphatic rings. The lowest BCUT2D eigenvalue weighted by atomic mass is 10.2. The molecule has 0 fully saturated rings. The minimum absolute atomic E-state index is 0.0616. The fourth-order valence-electron chi connectivity index (χ4n) is 1.91. The van der Waals surface area contributed by atoms with Crippen LogP contribution in [-0.4, -0.2) is 41.3 Å². The van der Waals surface area contributed by atoms with E-state index in [0.717, 1.165) is 12.2 Å². The minimum atomic E-state index is -3.62. The molecule has 0 unspecified atom stereocenters. The highest BCUT2D eigenvalue weighted by molar-refractivity contribution is 7.89. The van der Waals surface area contributed by atoms with Crippen LogP contribution in [0.4, 0.5) is 0 Å². The summed E-state index contributed by atoms with van der Waals surface area (Å²) >= 11 is 0. The molecule has 2 aromatic heterocycles. The molecule has 0 radical (unpaired) electrons. The molecule has 2 aromatic rings. The first-order valence-corrected chi connectivity index (χ1v) is 8.23. The van der Waals surface area contributed by atoms with Crippen LogP contribution in [0.15, 0.2) is 23.7 Å². The van der Waals surface area contributed by atoms with Crippen molar-refractivity contribution in [2.45, 2.75) is 32.0 Å². The molecule has 2 rings (SSSR count). The van der Waals surface area contributed by atoms with Crippen molar-refractivity contribution in [3.8, 4) is 0 Å². The number of sulfonamides is 1. The monoisotopic (exact) mass is 312 g/mol. The second-order valence-corrected chi connectivity index (χ2v) is 6.29. The van der Waals surface area contributed by atoms with Crippen LogP contribution in [0.5, 0.6) is 0 Å². The summed E-state index contributed by atoms with van der Waals surface area (Å²) in [6.45, 7) is 5.81. The van der Waals surface area contributed by atoms with Gasteiger partial charge in [-0.2, -0.15) is 5.10 Å². The van der Waals surface area contributed by atoms with Crippen LogP contribution in [0.1, 0.15) is 18.2 Å². The van der Waals surface area contributed by atoms with Crippen molar-refractivity contribution in [2.75, 3.05) is 13.1 Å². The summed E-state index contributed by atoms with van der Waals surface area (Å²) in [5, 5.41) is 9.83. The third-order valence-electron chi connectivity index (χ3n) is 3.06. The number of hydrogen-bond acceptors (Lipinski definition) is 5. The number of imidazole rings is 1. The smallest absolute Gasteiger partial charge is 0.260 e. The highest BCUT2D eigenvalue weighted by atomic mass is 32.2. The summed E-state index contributed by atoms with van der Waals surface area (Å²) in [7, 11) is -3.62. The molecule has 3 N–H and O–H groups in total. The summed E-state index contributed by atoms with van der Waals surface area (Å²) in [6.07, 6.45) is 5.08. The average molecular weight is 312 g/mol. The highest BCUT2D eigenvalue weighted by Crippen LogP contribution is 2.15. The van der Waals surface area contributed by atoms with E-state index in [0.29, 0.717) is 18.7 Å². The molecule has 0 aliphatic heterocycles. The maximum atomic E-state index is 12.3. The van der Waals surface area contributed by atoms with Crippen LogP contribution in [0.2, 0.25) is 0 Å². The predicted molar refractivity (Wildman–Crippen MR) is 78.1 cm³/mol. The van der Waals surface area contributed by atoms with E-state index in [1.54, 1.807) is 23.3 Å². The average Bonchev–Trinajstić information content (AvgIpc) is 3.06. The maximum Gasteiger partial charge on any atom is 0.260 e. The van der Waals surface area contributed by atoms with Crippen molar-refractivity contribution in [2.24, 2.45) is 0 Å². The normalized spacial score (nSPS) is 11.9. The summed E-state index contributed by atoms with van der Waals surface area (Å²) in [5.41, 5.74) is 1.43. The molecule has 116 valence electrons. The summed E-state index contributed by atoms with van der Waals surface area (Å²) < 4.78 is 29.0. The van der Waals surface area contributed by atoms with Crippen LogP contribution >= 0.6 is 0 Å². The van der Waals surface area contributed by atoms with E-state index in [9.17, 15) is 8.42 Å². The molecule has 9 heteroatoms. The zero-order chi connectivity index (χ0) is 15.3. The van der Waals surface area contributed by atoms with Gasteiger partial charge >= 0.3 is 0 Å². The Kier molecular flexibility index (Phi) is 5.10. The van der Waals surface area contributed by atoms with Crippen LogP contribution in [0.25, 0.3) is 0 Å². The van der Waals surface area contributed by atoms with Crippen molar-refractivity contribution in [3.63, 3.8) is 0 Å². The number of nitrogens with zero attached hydrogens (tertiary/aromatic N) is 3. The first-order valence-electron chi connectivity index (χ1n) is 6.74. The van der Waals surface area contributed by atoms with Crippen molar-refractivity contribution >= 4 is 10.0 Å². The van der Waals surface area contributed by atoms with Gasteiger partial charge in [-0.1, -0.05) is 6.92 Å². The molecule has 0 atom stereocenters. The number of H-pyrrole nitrogens is 1. The molecular formula is C12H20N6O2S. The van der Waals surface area contributed by atoms with Crippen molar-refractivity contribution in [3.05, 3.63) is 30.0 Å². The maximum absolute atomic E-state index is 12.3. The molecule has 0 bridgehead atoms. The van der Waals surface area contributed by atoms with Crippen LogP contribution in [-0.2, 0) is 23.1 Å². The van der Waals surface area contributed by atoms with Crippen LogP contribution < -0.4 is 10.0 Å². The van der Waals surface area contributed by atoms with E-state index in [-0.39, 0.29) is 11.6 Å². The van der Waals surface area contributed by atoms with Gasteiger partial charge in [-0.25, -0.2) is 18.1 Å². The topological polar surface area (TPSA) is 105 Å².